The van der Waals surface area contributed by atoms with Gasteiger partial charge in [-0.25, -0.2) is 0 Å². The molecule has 1 atom stereocenters. The molecule has 1 unspecified atom stereocenters. The van der Waals surface area contributed by atoms with Crippen molar-refractivity contribution in [3.05, 3.63) is 0 Å². The summed E-state index contributed by atoms with van der Waals surface area (Å²) in [5.74, 6) is 0. The van der Waals surface area contributed by atoms with Gasteiger partial charge in [0.2, 0.25) is 0 Å². The Morgan fingerprint density at radius 1 is 1.58 bits per heavy atom. The van der Waals surface area contributed by atoms with Crippen LogP contribution in [0.2, 0.25) is 0 Å². The quantitative estimate of drug-likeness (QED) is 0.596. The third-order valence-electron chi connectivity index (χ3n) is 2.31. The SMILES string of the molecule is CC1(CNCCCO)CCCO1. The third kappa shape index (κ3) is 3.09. The van der Waals surface area contributed by atoms with Crippen LogP contribution in [0.15, 0.2) is 0 Å². The molecule has 12 heavy (non-hydrogen) atoms. The summed E-state index contributed by atoms with van der Waals surface area (Å²) in [6.07, 6.45) is 3.16. The van der Waals surface area contributed by atoms with Crippen LogP contribution >= 0.6 is 0 Å². The topological polar surface area (TPSA) is 41.5 Å². The Balaban J connectivity index is 2.05. The van der Waals surface area contributed by atoms with Crippen molar-refractivity contribution < 1.29 is 9.84 Å². The predicted molar refractivity (Wildman–Crippen MR) is 48.2 cm³/mol. The van der Waals surface area contributed by atoms with Gasteiger partial charge in [0.05, 0.1) is 5.60 Å². The second-order valence-corrected chi connectivity index (χ2v) is 3.66. The summed E-state index contributed by atoms with van der Waals surface area (Å²) in [7, 11) is 0. The summed E-state index contributed by atoms with van der Waals surface area (Å²) in [6.45, 7) is 5.11. The Labute approximate surface area is 74.1 Å². The van der Waals surface area contributed by atoms with Crippen LogP contribution in [-0.2, 0) is 4.74 Å². The van der Waals surface area contributed by atoms with Crippen molar-refractivity contribution >= 4 is 0 Å². The van der Waals surface area contributed by atoms with E-state index in [0.717, 1.165) is 32.5 Å². The van der Waals surface area contributed by atoms with Crippen molar-refractivity contribution in [1.82, 2.24) is 5.32 Å². The van der Waals surface area contributed by atoms with Gasteiger partial charge in [-0.1, -0.05) is 0 Å². The van der Waals surface area contributed by atoms with Gasteiger partial charge in [-0.3, -0.25) is 0 Å². The molecule has 0 spiro atoms. The van der Waals surface area contributed by atoms with Gasteiger partial charge < -0.3 is 15.2 Å². The molecule has 0 aromatic heterocycles. The standard InChI is InChI=1S/C9H19NO2/c1-9(4-2-7-12-9)8-10-5-3-6-11/h10-11H,2-8H2,1H3. The number of nitrogens with one attached hydrogen (secondary N) is 1. The molecule has 0 aliphatic carbocycles. The van der Waals surface area contributed by atoms with Crippen LogP contribution in [0.25, 0.3) is 0 Å². The molecule has 3 nitrogen and oxygen atoms in total. The lowest BCUT2D eigenvalue weighted by Crippen LogP contribution is -2.37. The van der Waals surface area contributed by atoms with Crippen LogP contribution in [0.3, 0.4) is 0 Å². The van der Waals surface area contributed by atoms with Crippen LogP contribution in [0.1, 0.15) is 26.2 Å². The van der Waals surface area contributed by atoms with Gasteiger partial charge in [0.25, 0.3) is 0 Å². The van der Waals surface area contributed by atoms with Crippen LogP contribution in [0.5, 0.6) is 0 Å². The monoisotopic (exact) mass is 173 g/mol. The minimum Gasteiger partial charge on any atom is -0.396 e. The highest BCUT2D eigenvalue weighted by Gasteiger charge is 2.28. The van der Waals surface area contributed by atoms with Crippen molar-refractivity contribution in [2.45, 2.75) is 31.8 Å². The van der Waals surface area contributed by atoms with E-state index in [9.17, 15) is 0 Å². The number of aliphatic hydroxyl groups excluding tert-OH is 1. The smallest absolute Gasteiger partial charge is 0.0779 e. The average Bonchev–Trinajstić information content (AvgIpc) is 2.47. The minimum atomic E-state index is 0.0510. The summed E-state index contributed by atoms with van der Waals surface area (Å²) < 4.78 is 5.60. The largest absolute Gasteiger partial charge is 0.396 e. The van der Waals surface area contributed by atoms with E-state index < -0.39 is 0 Å². The van der Waals surface area contributed by atoms with Gasteiger partial charge in [0.1, 0.15) is 0 Å². The molecule has 3 heteroatoms. The summed E-state index contributed by atoms with van der Waals surface area (Å²) >= 11 is 0. The van der Waals surface area contributed by atoms with Crippen molar-refractivity contribution in [1.29, 1.82) is 0 Å². The first kappa shape index (κ1) is 9.96. The fraction of sp³-hybridized carbons (Fsp3) is 1.00. The number of rotatable bonds is 5. The summed E-state index contributed by atoms with van der Waals surface area (Å²) in [6, 6.07) is 0. The van der Waals surface area contributed by atoms with E-state index >= 15 is 0 Å². The Hall–Kier alpha value is -0.120. The summed E-state index contributed by atoms with van der Waals surface area (Å²) in [5, 5.41) is 11.8. The number of hydrogen-bond donors (Lipinski definition) is 2. The maximum atomic E-state index is 8.55. The highest BCUT2D eigenvalue weighted by atomic mass is 16.5. The molecule has 1 rings (SSSR count). The third-order valence-corrected chi connectivity index (χ3v) is 2.31. The molecule has 0 saturated carbocycles. The first-order chi connectivity index (χ1) is 5.77. The van der Waals surface area contributed by atoms with E-state index in [1.807, 2.05) is 0 Å². The van der Waals surface area contributed by atoms with E-state index in [-0.39, 0.29) is 12.2 Å². The molecule has 1 heterocycles. The van der Waals surface area contributed by atoms with E-state index in [0.29, 0.717) is 0 Å². The summed E-state index contributed by atoms with van der Waals surface area (Å²) in [5.41, 5.74) is 0.0510. The Kier molecular flexibility index (Phi) is 3.98. The first-order valence-corrected chi connectivity index (χ1v) is 4.72. The van der Waals surface area contributed by atoms with Gasteiger partial charge in [-0.15, -0.1) is 0 Å². The van der Waals surface area contributed by atoms with Crippen molar-refractivity contribution in [2.24, 2.45) is 0 Å². The molecule has 1 saturated heterocycles. The van der Waals surface area contributed by atoms with E-state index in [1.165, 1.54) is 6.42 Å². The van der Waals surface area contributed by atoms with E-state index in [2.05, 4.69) is 12.2 Å². The number of ether oxygens (including phenoxy) is 1. The number of aliphatic hydroxyl groups is 1. The minimum absolute atomic E-state index is 0.0510. The van der Waals surface area contributed by atoms with Gasteiger partial charge in [0.15, 0.2) is 0 Å². The normalized spacial score (nSPS) is 29.5. The van der Waals surface area contributed by atoms with Crippen molar-refractivity contribution in [3.8, 4) is 0 Å². The predicted octanol–water partition coefficient (Wildman–Crippen LogP) is 0.527. The number of hydrogen-bond acceptors (Lipinski definition) is 3. The molecule has 2 N–H and O–H groups in total. The van der Waals surface area contributed by atoms with Gasteiger partial charge in [0, 0.05) is 19.8 Å². The highest BCUT2D eigenvalue weighted by Crippen LogP contribution is 2.23. The molecule has 72 valence electrons. The zero-order valence-corrected chi connectivity index (χ0v) is 7.81. The molecular weight excluding hydrogens is 154 g/mol. The first-order valence-electron chi connectivity index (χ1n) is 4.72. The van der Waals surface area contributed by atoms with Crippen molar-refractivity contribution in [3.63, 3.8) is 0 Å². The highest BCUT2D eigenvalue weighted by molar-refractivity contribution is 4.82. The van der Waals surface area contributed by atoms with Crippen LogP contribution in [-0.4, -0.2) is 37.0 Å². The molecule has 0 radical (unpaired) electrons. The molecule has 0 bridgehead atoms. The van der Waals surface area contributed by atoms with Gasteiger partial charge >= 0.3 is 0 Å². The lowest BCUT2D eigenvalue weighted by Gasteiger charge is -2.23. The lowest BCUT2D eigenvalue weighted by atomic mass is 10.0. The van der Waals surface area contributed by atoms with Gasteiger partial charge in [-0.2, -0.15) is 0 Å². The van der Waals surface area contributed by atoms with Crippen LogP contribution < -0.4 is 5.32 Å². The molecule has 1 aliphatic rings. The Morgan fingerprint density at radius 3 is 3.00 bits per heavy atom. The molecular formula is C9H19NO2. The zero-order valence-electron chi connectivity index (χ0n) is 7.81. The average molecular weight is 173 g/mol. The molecule has 0 amide bonds. The second-order valence-electron chi connectivity index (χ2n) is 3.66. The second kappa shape index (κ2) is 4.80. The van der Waals surface area contributed by atoms with E-state index in [1.54, 1.807) is 0 Å². The fourth-order valence-corrected chi connectivity index (χ4v) is 1.53. The fourth-order valence-electron chi connectivity index (χ4n) is 1.53. The van der Waals surface area contributed by atoms with Gasteiger partial charge in [-0.05, 0) is 32.7 Å². The Bertz CT molecular complexity index is 122. The van der Waals surface area contributed by atoms with E-state index in [4.69, 9.17) is 9.84 Å². The molecule has 0 aromatic rings. The molecule has 1 fully saturated rings. The Morgan fingerprint density at radius 2 is 2.42 bits per heavy atom. The maximum absolute atomic E-state index is 8.55. The summed E-state index contributed by atoms with van der Waals surface area (Å²) in [4.78, 5) is 0. The lowest BCUT2D eigenvalue weighted by molar-refractivity contribution is 0.0208. The van der Waals surface area contributed by atoms with Crippen LogP contribution in [0, 0.1) is 0 Å². The molecule has 0 aromatic carbocycles. The maximum Gasteiger partial charge on any atom is 0.0779 e. The zero-order chi connectivity index (χ0) is 8.86. The van der Waals surface area contributed by atoms with Crippen LogP contribution in [0.4, 0.5) is 0 Å². The van der Waals surface area contributed by atoms with Crippen molar-refractivity contribution in [2.75, 3.05) is 26.3 Å². The molecule has 1 aliphatic heterocycles.